The monoisotopic (exact) mass is 246 g/mol. The molecule has 16 heavy (non-hydrogen) atoms. The van der Waals surface area contributed by atoms with Crippen molar-refractivity contribution in [1.82, 2.24) is 20.0 Å². The number of nitrogens with one attached hydrogen (secondary N) is 3. The minimum absolute atomic E-state index is 0.119. The summed E-state index contributed by atoms with van der Waals surface area (Å²) in [6.07, 6.45) is 2.09. The Hall–Kier alpha value is -0.920. The van der Waals surface area contributed by atoms with Gasteiger partial charge in [0, 0.05) is 6.54 Å². The predicted octanol–water partition coefficient (Wildman–Crippen LogP) is -0.00398. The van der Waals surface area contributed by atoms with Crippen molar-refractivity contribution in [3.8, 4) is 0 Å². The molecule has 0 fully saturated rings. The Morgan fingerprint density at radius 3 is 2.75 bits per heavy atom. The molecular formula is C9H18N4O2S. The van der Waals surface area contributed by atoms with Gasteiger partial charge in [-0.3, -0.25) is 0 Å². The molecule has 1 aromatic rings. The molecule has 0 aliphatic heterocycles. The Balaban J connectivity index is 2.41. The Morgan fingerprint density at radius 1 is 1.44 bits per heavy atom. The fraction of sp³-hybridized carbons (Fsp3) is 0.667. The minimum Gasteiger partial charge on any atom is -0.332 e. The number of hydrogen-bond donors (Lipinski definition) is 3. The molecule has 0 bridgehead atoms. The zero-order valence-corrected chi connectivity index (χ0v) is 10.4. The fourth-order valence-corrected chi connectivity index (χ4v) is 2.25. The summed E-state index contributed by atoms with van der Waals surface area (Å²) in [7, 11) is -3.42. The van der Waals surface area contributed by atoms with E-state index in [1.165, 1.54) is 6.20 Å². The Labute approximate surface area is 95.9 Å². The van der Waals surface area contributed by atoms with Gasteiger partial charge in [0.2, 0.25) is 0 Å². The van der Waals surface area contributed by atoms with Gasteiger partial charge in [0.25, 0.3) is 10.0 Å². The van der Waals surface area contributed by atoms with Crippen LogP contribution >= 0.6 is 0 Å². The molecule has 0 saturated carbocycles. The highest BCUT2D eigenvalue weighted by atomic mass is 32.2. The van der Waals surface area contributed by atoms with Gasteiger partial charge in [0.05, 0.1) is 6.20 Å². The van der Waals surface area contributed by atoms with Crippen LogP contribution in [-0.4, -0.2) is 38.0 Å². The van der Waals surface area contributed by atoms with Crippen LogP contribution in [0.1, 0.15) is 19.2 Å². The van der Waals surface area contributed by atoms with Gasteiger partial charge in [-0.1, -0.05) is 6.92 Å². The third-order valence-electron chi connectivity index (χ3n) is 2.04. The molecule has 0 aromatic carbocycles. The molecule has 6 nitrogen and oxygen atoms in total. The van der Waals surface area contributed by atoms with Gasteiger partial charge in [0.15, 0.2) is 5.03 Å². The topological polar surface area (TPSA) is 86.9 Å². The normalized spacial score (nSPS) is 11.9. The van der Waals surface area contributed by atoms with Crippen LogP contribution in [0.5, 0.6) is 0 Å². The van der Waals surface area contributed by atoms with Crippen LogP contribution in [0.4, 0.5) is 0 Å². The molecular weight excluding hydrogens is 228 g/mol. The summed E-state index contributed by atoms with van der Waals surface area (Å²) < 4.78 is 25.9. The summed E-state index contributed by atoms with van der Waals surface area (Å²) in [5, 5.41) is 3.24. The van der Waals surface area contributed by atoms with Gasteiger partial charge in [-0.2, -0.15) is 0 Å². The molecule has 0 atom stereocenters. The molecule has 0 spiro atoms. The summed E-state index contributed by atoms with van der Waals surface area (Å²) in [5.41, 5.74) is 0. The number of aromatic amines is 1. The summed E-state index contributed by atoms with van der Waals surface area (Å²) >= 11 is 0. The molecule has 1 aromatic heterocycles. The third-order valence-corrected chi connectivity index (χ3v) is 3.41. The van der Waals surface area contributed by atoms with E-state index in [-0.39, 0.29) is 5.03 Å². The minimum atomic E-state index is -3.42. The van der Waals surface area contributed by atoms with Crippen molar-refractivity contribution in [1.29, 1.82) is 0 Å². The molecule has 0 saturated heterocycles. The van der Waals surface area contributed by atoms with Crippen molar-refractivity contribution in [3.05, 3.63) is 12.0 Å². The lowest BCUT2D eigenvalue weighted by atomic mass is 10.4. The number of rotatable bonds is 7. The Kier molecular flexibility index (Phi) is 4.91. The number of sulfonamides is 1. The van der Waals surface area contributed by atoms with E-state index in [2.05, 4.69) is 20.0 Å². The predicted molar refractivity (Wildman–Crippen MR) is 61.7 cm³/mol. The molecule has 1 rings (SSSR count). The Morgan fingerprint density at radius 2 is 2.19 bits per heavy atom. The van der Waals surface area contributed by atoms with Crippen LogP contribution in [0, 0.1) is 6.92 Å². The average Bonchev–Trinajstić information content (AvgIpc) is 2.65. The highest BCUT2D eigenvalue weighted by molar-refractivity contribution is 7.89. The van der Waals surface area contributed by atoms with E-state index in [9.17, 15) is 8.42 Å². The SMILES string of the molecule is CCNCCCNS(=O)(=O)c1cnc(C)[nH]1. The number of aromatic nitrogens is 2. The maximum absolute atomic E-state index is 11.7. The lowest BCUT2D eigenvalue weighted by Gasteiger charge is -2.04. The number of nitrogens with zero attached hydrogens (tertiary/aromatic N) is 1. The second-order valence-corrected chi connectivity index (χ2v) is 5.17. The van der Waals surface area contributed by atoms with Crippen LogP contribution in [0.25, 0.3) is 0 Å². The molecule has 0 unspecified atom stereocenters. The van der Waals surface area contributed by atoms with Crippen molar-refractivity contribution in [2.45, 2.75) is 25.3 Å². The summed E-state index contributed by atoms with van der Waals surface area (Å²) in [6, 6.07) is 0. The zero-order chi connectivity index (χ0) is 12.0. The number of aryl methyl sites for hydroxylation is 1. The quantitative estimate of drug-likeness (QED) is 0.591. The summed E-state index contributed by atoms with van der Waals surface area (Å²) in [5.74, 6) is 0.591. The lowest BCUT2D eigenvalue weighted by molar-refractivity contribution is 0.572. The van der Waals surface area contributed by atoms with Gasteiger partial charge in [-0.25, -0.2) is 18.1 Å². The van der Waals surface area contributed by atoms with Crippen molar-refractivity contribution in [2.75, 3.05) is 19.6 Å². The van der Waals surface area contributed by atoms with Gasteiger partial charge in [-0.05, 0) is 26.4 Å². The number of H-pyrrole nitrogens is 1. The largest absolute Gasteiger partial charge is 0.332 e. The molecule has 0 aliphatic carbocycles. The average molecular weight is 246 g/mol. The molecule has 0 radical (unpaired) electrons. The zero-order valence-electron chi connectivity index (χ0n) is 9.58. The fourth-order valence-electron chi connectivity index (χ4n) is 1.21. The first-order valence-corrected chi connectivity index (χ1v) is 6.76. The molecule has 7 heteroatoms. The molecule has 0 aliphatic rings. The first-order chi connectivity index (χ1) is 7.56. The standard InChI is InChI=1S/C9H18N4O2S/c1-3-10-5-4-6-12-16(14,15)9-7-11-8(2)13-9/h7,10,12H,3-6H2,1-2H3,(H,11,13). The molecule has 92 valence electrons. The van der Waals surface area contributed by atoms with Gasteiger partial charge in [0.1, 0.15) is 5.82 Å². The van der Waals surface area contributed by atoms with E-state index >= 15 is 0 Å². The van der Waals surface area contributed by atoms with E-state index in [0.29, 0.717) is 12.4 Å². The van der Waals surface area contributed by atoms with Crippen LogP contribution < -0.4 is 10.0 Å². The van der Waals surface area contributed by atoms with E-state index in [4.69, 9.17) is 0 Å². The number of hydrogen-bond acceptors (Lipinski definition) is 4. The van der Waals surface area contributed by atoms with Crippen molar-refractivity contribution in [3.63, 3.8) is 0 Å². The lowest BCUT2D eigenvalue weighted by Crippen LogP contribution is -2.27. The molecule has 3 N–H and O–H groups in total. The first-order valence-electron chi connectivity index (χ1n) is 5.28. The van der Waals surface area contributed by atoms with E-state index in [1.54, 1.807) is 6.92 Å². The first kappa shape index (κ1) is 13.1. The van der Waals surface area contributed by atoms with Crippen molar-refractivity contribution < 1.29 is 8.42 Å². The van der Waals surface area contributed by atoms with Crippen LogP contribution in [-0.2, 0) is 10.0 Å². The van der Waals surface area contributed by atoms with Crippen molar-refractivity contribution in [2.24, 2.45) is 0 Å². The smallest absolute Gasteiger partial charge is 0.257 e. The van der Waals surface area contributed by atoms with E-state index < -0.39 is 10.0 Å². The summed E-state index contributed by atoms with van der Waals surface area (Å²) in [6.45, 7) is 5.85. The van der Waals surface area contributed by atoms with Crippen LogP contribution in [0.3, 0.4) is 0 Å². The third kappa shape index (κ3) is 3.92. The summed E-state index contributed by atoms with van der Waals surface area (Å²) in [4.78, 5) is 6.54. The van der Waals surface area contributed by atoms with Crippen LogP contribution in [0.2, 0.25) is 0 Å². The van der Waals surface area contributed by atoms with Gasteiger partial charge < -0.3 is 10.3 Å². The van der Waals surface area contributed by atoms with Gasteiger partial charge in [-0.15, -0.1) is 0 Å². The van der Waals surface area contributed by atoms with Crippen LogP contribution in [0.15, 0.2) is 11.2 Å². The van der Waals surface area contributed by atoms with E-state index in [0.717, 1.165) is 19.5 Å². The number of imidazole rings is 1. The molecule has 1 heterocycles. The molecule has 0 amide bonds. The maximum Gasteiger partial charge on any atom is 0.257 e. The van der Waals surface area contributed by atoms with Crippen molar-refractivity contribution >= 4 is 10.0 Å². The van der Waals surface area contributed by atoms with E-state index in [1.807, 2.05) is 6.92 Å². The highest BCUT2D eigenvalue weighted by Gasteiger charge is 2.15. The highest BCUT2D eigenvalue weighted by Crippen LogP contribution is 2.03. The second kappa shape index (κ2) is 5.97. The Bertz CT molecular complexity index is 413. The maximum atomic E-state index is 11.7. The van der Waals surface area contributed by atoms with Gasteiger partial charge >= 0.3 is 0 Å². The second-order valence-electron chi connectivity index (χ2n) is 3.44.